The molecule has 170 valence electrons. The zero-order chi connectivity index (χ0) is 22.7. The third-order valence-corrected chi connectivity index (χ3v) is 6.29. The molecule has 7 heteroatoms. The molecule has 0 bridgehead atoms. The molecule has 1 atom stereocenters. The first kappa shape index (κ1) is 22.1. The van der Waals surface area contributed by atoms with Gasteiger partial charge in [0.25, 0.3) is 0 Å². The van der Waals surface area contributed by atoms with E-state index < -0.39 is 0 Å². The molecule has 1 N–H and O–H groups in total. The monoisotopic (exact) mass is 436 g/mol. The Hall–Kier alpha value is -3.06. The number of likely N-dealkylation sites (N-methyl/N-ethyl adjacent to an activating group) is 1. The summed E-state index contributed by atoms with van der Waals surface area (Å²) in [4.78, 5) is 31.9. The third-order valence-electron chi connectivity index (χ3n) is 6.29. The molecule has 2 aromatic rings. The van der Waals surface area contributed by atoms with E-state index >= 15 is 0 Å². The number of nitrogens with zero attached hydrogens (tertiary/aromatic N) is 3. The normalized spacial score (nSPS) is 19.3. The molecule has 2 aromatic carbocycles. The predicted molar refractivity (Wildman–Crippen MR) is 128 cm³/mol. The average molecular weight is 437 g/mol. The quantitative estimate of drug-likeness (QED) is 0.754. The maximum atomic E-state index is 12.9. The molecule has 1 unspecified atom stereocenters. The number of piperazine rings is 1. The van der Waals surface area contributed by atoms with Gasteiger partial charge in [0.2, 0.25) is 11.8 Å². The Morgan fingerprint density at radius 1 is 1.06 bits per heavy atom. The van der Waals surface area contributed by atoms with Crippen LogP contribution in [0.2, 0.25) is 0 Å². The van der Waals surface area contributed by atoms with Crippen molar-refractivity contribution >= 4 is 28.9 Å². The van der Waals surface area contributed by atoms with Gasteiger partial charge in [0.15, 0.2) is 0 Å². The summed E-state index contributed by atoms with van der Waals surface area (Å²) in [6.07, 6.45) is 0.220. The zero-order valence-electron chi connectivity index (χ0n) is 19.1. The first-order chi connectivity index (χ1) is 15.4. The summed E-state index contributed by atoms with van der Waals surface area (Å²) in [5, 5.41) is 3.04. The highest BCUT2D eigenvalue weighted by molar-refractivity contribution is 6.03. The van der Waals surface area contributed by atoms with Gasteiger partial charge in [-0.3, -0.25) is 9.59 Å². The lowest BCUT2D eigenvalue weighted by Crippen LogP contribution is -2.44. The minimum atomic E-state index is -0.370. The summed E-state index contributed by atoms with van der Waals surface area (Å²) in [6, 6.07) is 13.6. The SMILES string of the molecule is CCOc1ccc(N2CC(C(=O)Nc3ccc(N4CCN(C)CC4)cc3C)CC2=O)cc1. The highest BCUT2D eigenvalue weighted by Crippen LogP contribution is 2.29. The Morgan fingerprint density at radius 2 is 1.75 bits per heavy atom. The van der Waals surface area contributed by atoms with Crippen molar-refractivity contribution in [3.05, 3.63) is 48.0 Å². The molecule has 0 aromatic heterocycles. The van der Waals surface area contributed by atoms with E-state index in [-0.39, 0.29) is 24.2 Å². The molecule has 2 heterocycles. The molecule has 0 aliphatic carbocycles. The summed E-state index contributed by atoms with van der Waals surface area (Å²) < 4.78 is 5.47. The van der Waals surface area contributed by atoms with Crippen molar-refractivity contribution in [2.45, 2.75) is 20.3 Å². The second kappa shape index (κ2) is 9.61. The summed E-state index contributed by atoms with van der Waals surface area (Å²) in [6.45, 7) is 9.05. The summed E-state index contributed by atoms with van der Waals surface area (Å²) in [5.74, 6) is 0.261. The van der Waals surface area contributed by atoms with Crippen LogP contribution in [-0.2, 0) is 9.59 Å². The van der Waals surface area contributed by atoms with Crippen molar-refractivity contribution < 1.29 is 14.3 Å². The van der Waals surface area contributed by atoms with Crippen LogP contribution in [0.15, 0.2) is 42.5 Å². The van der Waals surface area contributed by atoms with Crippen molar-refractivity contribution in [2.24, 2.45) is 5.92 Å². The highest BCUT2D eigenvalue weighted by Gasteiger charge is 2.35. The lowest BCUT2D eigenvalue weighted by molar-refractivity contribution is -0.122. The lowest BCUT2D eigenvalue weighted by atomic mass is 10.1. The minimum absolute atomic E-state index is 0.0311. The molecule has 2 aliphatic heterocycles. The molecule has 0 saturated carbocycles. The van der Waals surface area contributed by atoms with Crippen LogP contribution in [0.4, 0.5) is 17.1 Å². The molecule has 32 heavy (non-hydrogen) atoms. The number of anilines is 3. The fourth-order valence-electron chi connectivity index (χ4n) is 4.31. The highest BCUT2D eigenvalue weighted by atomic mass is 16.5. The number of aryl methyl sites for hydroxylation is 1. The van der Waals surface area contributed by atoms with Crippen LogP contribution in [0.25, 0.3) is 0 Å². The van der Waals surface area contributed by atoms with Gasteiger partial charge in [-0.15, -0.1) is 0 Å². The maximum absolute atomic E-state index is 12.9. The Balaban J connectivity index is 1.38. The molecule has 2 aliphatic rings. The van der Waals surface area contributed by atoms with E-state index in [0.717, 1.165) is 48.9 Å². The van der Waals surface area contributed by atoms with Crippen molar-refractivity contribution in [2.75, 3.05) is 61.5 Å². The van der Waals surface area contributed by atoms with Gasteiger partial charge >= 0.3 is 0 Å². The van der Waals surface area contributed by atoms with Crippen molar-refractivity contribution in [1.29, 1.82) is 0 Å². The van der Waals surface area contributed by atoms with E-state index in [4.69, 9.17) is 4.74 Å². The van der Waals surface area contributed by atoms with Crippen LogP contribution in [-0.4, -0.2) is 63.1 Å². The Labute approximate surface area is 189 Å². The van der Waals surface area contributed by atoms with Gasteiger partial charge in [0, 0.05) is 56.2 Å². The summed E-state index contributed by atoms with van der Waals surface area (Å²) in [5.41, 5.74) is 3.81. The van der Waals surface area contributed by atoms with E-state index in [1.165, 1.54) is 5.69 Å². The topological polar surface area (TPSA) is 65.1 Å². The molecule has 7 nitrogen and oxygen atoms in total. The zero-order valence-corrected chi connectivity index (χ0v) is 19.1. The van der Waals surface area contributed by atoms with E-state index in [1.807, 2.05) is 44.2 Å². The van der Waals surface area contributed by atoms with E-state index in [9.17, 15) is 9.59 Å². The number of nitrogens with one attached hydrogen (secondary N) is 1. The number of rotatable bonds is 6. The molecule has 2 saturated heterocycles. The Kier molecular flexibility index (Phi) is 6.65. The molecule has 2 amide bonds. The number of hydrogen-bond acceptors (Lipinski definition) is 5. The van der Waals surface area contributed by atoms with Gasteiger partial charge in [-0.25, -0.2) is 0 Å². The van der Waals surface area contributed by atoms with Crippen LogP contribution >= 0.6 is 0 Å². The number of amides is 2. The van der Waals surface area contributed by atoms with Crippen LogP contribution in [0.5, 0.6) is 5.75 Å². The molecule has 2 fully saturated rings. The molecule has 0 spiro atoms. The third kappa shape index (κ3) is 4.88. The van der Waals surface area contributed by atoms with Crippen LogP contribution < -0.4 is 19.9 Å². The van der Waals surface area contributed by atoms with Gasteiger partial charge in [0.1, 0.15) is 5.75 Å². The first-order valence-corrected chi connectivity index (χ1v) is 11.3. The van der Waals surface area contributed by atoms with Crippen molar-refractivity contribution in [3.63, 3.8) is 0 Å². The average Bonchev–Trinajstić information content (AvgIpc) is 3.18. The lowest BCUT2D eigenvalue weighted by Gasteiger charge is -2.34. The smallest absolute Gasteiger partial charge is 0.229 e. The number of hydrogen-bond donors (Lipinski definition) is 1. The molecular weight excluding hydrogens is 404 g/mol. The standard InChI is InChI=1S/C25H32N4O3/c1-4-32-22-8-5-20(6-9-22)29-17-19(16-24(29)30)25(31)26-23-10-7-21(15-18(23)2)28-13-11-27(3)12-14-28/h5-10,15,19H,4,11-14,16-17H2,1-3H3,(H,26,31). The van der Waals surface area contributed by atoms with Crippen LogP contribution in [0.1, 0.15) is 18.9 Å². The van der Waals surface area contributed by atoms with Gasteiger partial charge in [-0.05, 0) is 68.9 Å². The van der Waals surface area contributed by atoms with Gasteiger partial charge in [0.05, 0.1) is 12.5 Å². The molecule has 0 radical (unpaired) electrons. The molecular formula is C25H32N4O3. The van der Waals surface area contributed by atoms with Crippen molar-refractivity contribution in [1.82, 2.24) is 4.90 Å². The molecule has 4 rings (SSSR count). The number of ether oxygens (including phenoxy) is 1. The Bertz CT molecular complexity index is 968. The fourth-order valence-corrected chi connectivity index (χ4v) is 4.31. The number of benzene rings is 2. The second-order valence-electron chi connectivity index (χ2n) is 8.61. The van der Waals surface area contributed by atoms with E-state index in [1.54, 1.807) is 4.90 Å². The summed E-state index contributed by atoms with van der Waals surface area (Å²) in [7, 11) is 2.14. The van der Waals surface area contributed by atoms with Gasteiger partial charge in [-0.1, -0.05) is 0 Å². The van der Waals surface area contributed by atoms with Gasteiger partial charge in [-0.2, -0.15) is 0 Å². The fraction of sp³-hybridized carbons (Fsp3) is 0.440. The maximum Gasteiger partial charge on any atom is 0.229 e. The van der Waals surface area contributed by atoms with Crippen LogP contribution in [0.3, 0.4) is 0 Å². The van der Waals surface area contributed by atoms with E-state index in [2.05, 4.69) is 34.3 Å². The summed E-state index contributed by atoms with van der Waals surface area (Å²) >= 11 is 0. The van der Waals surface area contributed by atoms with Crippen molar-refractivity contribution in [3.8, 4) is 5.75 Å². The predicted octanol–water partition coefficient (Wildman–Crippen LogP) is 3.14. The first-order valence-electron chi connectivity index (χ1n) is 11.3. The Morgan fingerprint density at radius 3 is 2.41 bits per heavy atom. The number of carbonyl (C=O) groups excluding carboxylic acids is 2. The number of carbonyl (C=O) groups is 2. The minimum Gasteiger partial charge on any atom is -0.494 e. The van der Waals surface area contributed by atoms with Gasteiger partial charge < -0.3 is 24.8 Å². The van der Waals surface area contributed by atoms with E-state index in [0.29, 0.717) is 13.2 Å². The largest absolute Gasteiger partial charge is 0.494 e. The van der Waals surface area contributed by atoms with Crippen LogP contribution in [0, 0.1) is 12.8 Å². The second-order valence-corrected chi connectivity index (χ2v) is 8.61.